The molecule has 4 aromatic rings. The van der Waals surface area contributed by atoms with Crippen molar-refractivity contribution in [3.8, 4) is 11.6 Å². The summed E-state index contributed by atoms with van der Waals surface area (Å²) in [6.07, 6.45) is 6.96. The molecule has 1 atom stereocenters. The van der Waals surface area contributed by atoms with Crippen molar-refractivity contribution in [3.63, 3.8) is 0 Å². The summed E-state index contributed by atoms with van der Waals surface area (Å²) in [5.74, 6) is 2.18. The zero-order valence-electron chi connectivity index (χ0n) is 12.1. The summed E-state index contributed by atoms with van der Waals surface area (Å²) in [5, 5.41) is 9.92. The maximum atomic E-state index is 5.46. The molecule has 0 unspecified atom stereocenters. The third-order valence-electron chi connectivity index (χ3n) is 4.44. The van der Waals surface area contributed by atoms with E-state index in [9.17, 15) is 0 Å². The number of aromatic nitrogens is 4. The molecule has 1 aliphatic rings. The molecule has 0 aliphatic heterocycles. The smallest absolute Gasteiger partial charge is 0.205 e. The van der Waals surface area contributed by atoms with Crippen LogP contribution < -0.4 is 0 Å². The van der Waals surface area contributed by atoms with Crippen molar-refractivity contribution in [2.45, 2.75) is 26.2 Å². The lowest BCUT2D eigenvalue weighted by atomic mass is 9.89. The summed E-state index contributed by atoms with van der Waals surface area (Å²) in [6, 6.07) is 3.75. The van der Waals surface area contributed by atoms with Crippen molar-refractivity contribution in [2.24, 2.45) is 5.92 Å². The van der Waals surface area contributed by atoms with Crippen LogP contribution in [0, 0.1) is 5.92 Å². The van der Waals surface area contributed by atoms with Gasteiger partial charge in [0.2, 0.25) is 5.82 Å². The Labute approximate surface area is 130 Å². The van der Waals surface area contributed by atoms with Crippen molar-refractivity contribution in [3.05, 3.63) is 35.2 Å². The molecule has 0 saturated carbocycles. The maximum absolute atomic E-state index is 5.46. The largest absolute Gasteiger partial charge is 0.461 e. The highest BCUT2D eigenvalue weighted by Crippen LogP contribution is 2.39. The maximum Gasteiger partial charge on any atom is 0.205 e. The van der Waals surface area contributed by atoms with Gasteiger partial charge >= 0.3 is 0 Å². The molecule has 1 aliphatic carbocycles. The summed E-state index contributed by atoms with van der Waals surface area (Å²) < 4.78 is 7.39. The first-order valence-electron chi connectivity index (χ1n) is 7.49. The van der Waals surface area contributed by atoms with Gasteiger partial charge in [-0.3, -0.25) is 4.40 Å². The normalized spacial score (nSPS) is 18.1. The van der Waals surface area contributed by atoms with E-state index in [0.717, 1.165) is 29.2 Å². The number of rotatable bonds is 1. The van der Waals surface area contributed by atoms with Gasteiger partial charge in [-0.1, -0.05) is 6.92 Å². The molecule has 5 nitrogen and oxygen atoms in total. The van der Waals surface area contributed by atoms with Gasteiger partial charge in [-0.2, -0.15) is 0 Å². The molecule has 0 radical (unpaired) electrons. The SMILES string of the molecule is C[C@H]1CCc2c(sc3ncn4c(-c5ccco5)nnc4c23)C1. The van der Waals surface area contributed by atoms with Crippen molar-refractivity contribution in [2.75, 3.05) is 0 Å². The van der Waals surface area contributed by atoms with Crippen LogP contribution >= 0.6 is 11.3 Å². The molecule has 0 bridgehead atoms. The third kappa shape index (κ3) is 1.61. The Morgan fingerprint density at radius 2 is 2.32 bits per heavy atom. The van der Waals surface area contributed by atoms with Crippen molar-refractivity contribution in [1.29, 1.82) is 0 Å². The van der Waals surface area contributed by atoms with Crippen molar-refractivity contribution >= 4 is 27.2 Å². The summed E-state index contributed by atoms with van der Waals surface area (Å²) in [7, 11) is 0. The molecule has 0 saturated heterocycles. The minimum atomic E-state index is 0.707. The first kappa shape index (κ1) is 12.3. The molecule has 22 heavy (non-hydrogen) atoms. The number of fused-ring (bicyclic) bond motifs is 5. The van der Waals surface area contributed by atoms with Crippen LogP contribution in [-0.2, 0) is 12.8 Å². The zero-order valence-corrected chi connectivity index (χ0v) is 12.9. The van der Waals surface area contributed by atoms with Gasteiger partial charge in [-0.25, -0.2) is 4.98 Å². The Morgan fingerprint density at radius 1 is 1.36 bits per heavy atom. The standard InChI is InChI=1S/C16H14N4OS/c1-9-4-5-10-12(7-9)22-16-13(10)15-19-18-14(20(15)8-17-16)11-3-2-6-21-11/h2-3,6,8-9H,4-5,7H2,1H3/t9-/m0/s1. The molecule has 0 aromatic carbocycles. The number of hydrogen-bond donors (Lipinski definition) is 0. The van der Waals surface area contributed by atoms with E-state index in [1.54, 1.807) is 12.6 Å². The minimum Gasteiger partial charge on any atom is -0.461 e. The summed E-state index contributed by atoms with van der Waals surface area (Å²) in [5.41, 5.74) is 2.32. The third-order valence-corrected chi connectivity index (χ3v) is 5.61. The number of thiophene rings is 1. The number of nitrogens with zero attached hydrogens (tertiary/aromatic N) is 4. The van der Waals surface area contributed by atoms with Gasteiger partial charge in [0.1, 0.15) is 11.2 Å². The Hall–Kier alpha value is -2.21. The van der Waals surface area contributed by atoms with Crippen molar-refractivity contribution in [1.82, 2.24) is 19.6 Å². The average molecular weight is 310 g/mol. The molecule has 5 rings (SSSR count). The van der Waals surface area contributed by atoms with Gasteiger partial charge in [0, 0.05) is 4.88 Å². The fraction of sp³-hybridized carbons (Fsp3) is 0.312. The minimum absolute atomic E-state index is 0.707. The predicted octanol–water partition coefficient (Wildman–Crippen LogP) is 3.72. The fourth-order valence-electron chi connectivity index (χ4n) is 3.31. The Bertz CT molecular complexity index is 983. The Balaban J connectivity index is 1.82. The molecule has 0 amide bonds. The molecule has 110 valence electrons. The molecular weight excluding hydrogens is 296 g/mol. The Kier molecular flexibility index (Phi) is 2.47. The molecule has 6 heteroatoms. The molecular formula is C16H14N4OS. The van der Waals surface area contributed by atoms with Gasteiger partial charge in [-0.15, -0.1) is 21.5 Å². The van der Waals surface area contributed by atoms with E-state index in [-0.39, 0.29) is 0 Å². The van der Waals surface area contributed by atoms with Crippen LogP contribution in [0.15, 0.2) is 29.1 Å². The second-order valence-electron chi connectivity index (χ2n) is 5.97. The van der Waals surface area contributed by atoms with Gasteiger partial charge in [0.15, 0.2) is 11.4 Å². The summed E-state index contributed by atoms with van der Waals surface area (Å²) in [4.78, 5) is 7.19. The molecule has 0 N–H and O–H groups in total. The van der Waals surface area contributed by atoms with Crippen LogP contribution in [-0.4, -0.2) is 19.6 Å². The van der Waals surface area contributed by atoms with Crippen LogP contribution in [0.3, 0.4) is 0 Å². The lowest BCUT2D eigenvalue weighted by Gasteiger charge is -2.17. The van der Waals surface area contributed by atoms with E-state index in [1.807, 2.05) is 27.9 Å². The van der Waals surface area contributed by atoms with E-state index >= 15 is 0 Å². The number of furan rings is 1. The van der Waals surface area contributed by atoms with Crippen LogP contribution in [0.25, 0.3) is 27.4 Å². The summed E-state index contributed by atoms with van der Waals surface area (Å²) in [6.45, 7) is 2.32. The molecule has 0 spiro atoms. The van der Waals surface area contributed by atoms with E-state index in [0.29, 0.717) is 11.6 Å². The summed E-state index contributed by atoms with van der Waals surface area (Å²) >= 11 is 1.81. The second-order valence-corrected chi connectivity index (χ2v) is 7.05. The fourth-order valence-corrected chi connectivity index (χ4v) is 4.66. The van der Waals surface area contributed by atoms with Crippen LogP contribution in [0.4, 0.5) is 0 Å². The number of aryl methyl sites for hydroxylation is 1. The van der Waals surface area contributed by atoms with Gasteiger partial charge < -0.3 is 4.42 Å². The Morgan fingerprint density at radius 3 is 3.18 bits per heavy atom. The van der Waals surface area contributed by atoms with Crippen LogP contribution in [0.5, 0.6) is 0 Å². The first-order chi connectivity index (χ1) is 10.8. The highest BCUT2D eigenvalue weighted by Gasteiger charge is 2.24. The lowest BCUT2D eigenvalue weighted by molar-refractivity contribution is 0.509. The predicted molar refractivity (Wildman–Crippen MR) is 85.1 cm³/mol. The lowest BCUT2D eigenvalue weighted by Crippen LogP contribution is -2.08. The van der Waals surface area contributed by atoms with Gasteiger partial charge in [0.25, 0.3) is 0 Å². The quantitative estimate of drug-likeness (QED) is 0.537. The van der Waals surface area contributed by atoms with E-state index < -0.39 is 0 Å². The van der Waals surface area contributed by atoms with E-state index in [1.165, 1.54) is 22.2 Å². The first-order valence-corrected chi connectivity index (χ1v) is 8.31. The molecule has 0 fully saturated rings. The highest BCUT2D eigenvalue weighted by molar-refractivity contribution is 7.19. The van der Waals surface area contributed by atoms with Crippen LogP contribution in [0.2, 0.25) is 0 Å². The van der Waals surface area contributed by atoms with Gasteiger partial charge in [-0.05, 0) is 42.9 Å². The van der Waals surface area contributed by atoms with Gasteiger partial charge in [0.05, 0.1) is 11.6 Å². The second kappa shape index (κ2) is 4.39. The van der Waals surface area contributed by atoms with E-state index in [2.05, 4.69) is 22.1 Å². The number of hydrogen-bond acceptors (Lipinski definition) is 5. The van der Waals surface area contributed by atoms with Crippen molar-refractivity contribution < 1.29 is 4.42 Å². The van der Waals surface area contributed by atoms with E-state index in [4.69, 9.17) is 4.42 Å². The molecule has 4 heterocycles. The monoisotopic (exact) mass is 310 g/mol. The van der Waals surface area contributed by atoms with Crippen LogP contribution in [0.1, 0.15) is 23.8 Å². The zero-order chi connectivity index (χ0) is 14.7. The average Bonchev–Trinajstić information content (AvgIpc) is 3.22. The highest BCUT2D eigenvalue weighted by atomic mass is 32.1. The molecule has 4 aromatic heterocycles. The topological polar surface area (TPSA) is 56.2 Å².